The molecule has 1 aromatic heterocycles. The number of aromatic amines is 1. The van der Waals surface area contributed by atoms with Crippen LogP contribution in [0.5, 0.6) is 11.5 Å². The molecule has 1 atom stereocenters. The van der Waals surface area contributed by atoms with E-state index in [0.717, 1.165) is 93.7 Å². The number of halogens is 1. The van der Waals surface area contributed by atoms with Gasteiger partial charge in [0, 0.05) is 62.5 Å². The molecule has 1 saturated heterocycles. The number of methoxy groups -OCH3 is 2. The molecule has 186 valence electrons. The zero-order chi connectivity index (χ0) is 22.8. The van der Waals surface area contributed by atoms with E-state index in [1.165, 1.54) is 5.69 Å². The lowest BCUT2D eigenvalue weighted by atomic mass is 10.1. The van der Waals surface area contributed by atoms with Gasteiger partial charge >= 0.3 is 0 Å². The number of benzene rings is 1. The molecule has 1 aliphatic rings. The third-order valence-electron chi connectivity index (χ3n) is 5.68. The molecule has 8 nitrogen and oxygen atoms in total. The summed E-state index contributed by atoms with van der Waals surface area (Å²) in [5, 5.41) is 7.91. The first-order valence-corrected chi connectivity index (χ1v) is 11.7. The molecule has 2 heterocycles. The van der Waals surface area contributed by atoms with Gasteiger partial charge in [0.15, 0.2) is 5.96 Å². The SMILES string of the molecule is CCNC(=NCC(C)CN1CCOCC1)NCCCc1cc2c(OC)cc(OC)cc2[nH]1.I. The third-order valence-corrected chi connectivity index (χ3v) is 5.68. The molecule has 1 aliphatic heterocycles. The fourth-order valence-corrected chi connectivity index (χ4v) is 4.02. The van der Waals surface area contributed by atoms with Gasteiger partial charge in [-0.3, -0.25) is 9.89 Å². The quantitative estimate of drug-likeness (QED) is 0.166. The van der Waals surface area contributed by atoms with Crippen molar-refractivity contribution >= 4 is 40.8 Å². The van der Waals surface area contributed by atoms with Gasteiger partial charge in [0.2, 0.25) is 0 Å². The summed E-state index contributed by atoms with van der Waals surface area (Å²) in [7, 11) is 3.36. The molecule has 3 N–H and O–H groups in total. The Balaban J connectivity index is 0.00000385. The van der Waals surface area contributed by atoms with E-state index in [-0.39, 0.29) is 24.0 Å². The van der Waals surface area contributed by atoms with E-state index in [4.69, 9.17) is 19.2 Å². The number of H-pyrrole nitrogens is 1. The fraction of sp³-hybridized carbons (Fsp3) is 0.625. The first-order chi connectivity index (χ1) is 15.6. The molecule has 1 fully saturated rings. The minimum Gasteiger partial charge on any atom is -0.497 e. The van der Waals surface area contributed by atoms with E-state index >= 15 is 0 Å². The van der Waals surface area contributed by atoms with Crippen molar-refractivity contribution in [2.75, 3.05) is 66.7 Å². The van der Waals surface area contributed by atoms with E-state index < -0.39 is 0 Å². The van der Waals surface area contributed by atoms with E-state index in [2.05, 4.69) is 40.4 Å². The molecular weight excluding hydrogens is 533 g/mol. The van der Waals surface area contributed by atoms with Gasteiger partial charge in [0.25, 0.3) is 0 Å². The fourth-order valence-electron chi connectivity index (χ4n) is 4.02. The van der Waals surface area contributed by atoms with Crippen molar-refractivity contribution in [1.82, 2.24) is 20.5 Å². The molecule has 3 rings (SSSR count). The van der Waals surface area contributed by atoms with Crippen LogP contribution in [-0.4, -0.2) is 82.5 Å². The number of hydrogen-bond acceptors (Lipinski definition) is 5. The summed E-state index contributed by atoms with van der Waals surface area (Å²) in [6.45, 7) is 11.7. The maximum Gasteiger partial charge on any atom is 0.191 e. The zero-order valence-electron chi connectivity index (χ0n) is 20.4. The van der Waals surface area contributed by atoms with Gasteiger partial charge in [-0.25, -0.2) is 0 Å². The summed E-state index contributed by atoms with van der Waals surface area (Å²) in [5.41, 5.74) is 2.22. The molecule has 0 amide bonds. The Morgan fingerprint density at radius 1 is 1.18 bits per heavy atom. The Bertz CT molecular complexity index is 867. The molecule has 1 unspecified atom stereocenters. The van der Waals surface area contributed by atoms with Crippen LogP contribution in [0.1, 0.15) is 26.0 Å². The first-order valence-electron chi connectivity index (χ1n) is 11.7. The lowest BCUT2D eigenvalue weighted by molar-refractivity contribution is 0.0323. The number of aryl methyl sites for hydroxylation is 1. The number of ether oxygens (including phenoxy) is 3. The second-order valence-corrected chi connectivity index (χ2v) is 8.35. The minimum atomic E-state index is 0. The van der Waals surface area contributed by atoms with Gasteiger partial charge in [-0.2, -0.15) is 0 Å². The predicted molar refractivity (Wildman–Crippen MR) is 146 cm³/mol. The molecule has 1 aromatic carbocycles. The highest BCUT2D eigenvalue weighted by molar-refractivity contribution is 14.0. The number of hydrogen-bond donors (Lipinski definition) is 3. The average Bonchev–Trinajstić information content (AvgIpc) is 3.23. The maximum absolute atomic E-state index is 5.52. The Morgan fingerprint density at radius 2 is 1.97 bits per heavy atom. The number of morpholine rings is 1. The van der Waals surface area contributed by atoms with Crippen LogP contribution in [0.2, 0.25) is 0 Å². The summed E-state index contributed by atoms with van der Waals surface area (Å²) in [6, 6.07) is 6.09. The molecule has 0 spiro atoms. The van der Waals surface area contributed by atoms with E-state index in [1.807, 2.05) is 12.1 Å². The zero-order valence-corrected chi connectivity index (χ0v) is 22.7. The molecule has 0 aliphatic carbocycles. The normalized spacial score (nSPS) is 15.7. The lowest BCUT2D eigenvalue weighted by Gasteiger charge is -2.28. The maximum atomic E-state index is 5.52. The van der Waals surface area contributed by atoms with Crippen LogP contribution in [-0.2, 0) is 11.2 Å². The summed E-state index contributed by atoms with van der Waals surface area (Å²) < 4.78 is 16.3. The Kier molecular flexibility index (Phi) is 12.1. The van der Waals surface area contributed by atoms with Gasteiger partial charge in [0.05, 0.1) is 33.0 Å². The van der Waals surface area contributed by atoms with Crippen LogP contribution >= 0.6 is 24.0 Å². The summed E-state index contributed by atoms with van der Waals surface area (Å²) >= 11 is 0. The second-order valence-electron chi connectivity index (χ2n) is 8.35. The van der Waals surface area contributed by atoms with Gasteiger partial charge < -0.3 is 29.8 Å². The largest absolute Gasteiger partial charge is 0.497 e. The van der Waals surface area contributed by atoms with Crippen molar-refractivity contribution in [2.24, 2.45) is 10.9 Å². The van der Waals surface area contributed by atoms with Crippen molar-refractivity contribution in [3.8, 4) is 11.5 Å². The number of nitrogens with one attached hydrogen (secondary N) is 3. The topological polar surface area (TPSA) is 83.1 Å². The predicted octanol–water partition coefficient (Wildman–Crippen LogP) is 3.26. The first kappa shape index (κ1) is 27.5. The number of aromatic nitrogens is 1. The number of fused-ring (bicyclic) bond motifs is 1. The molecule has 0 bridgehead atoms. The van der Waals surface area contributed by atoms with Gasteiger partial charge in [-0.05, 0) is 31.7 Å². The Morgan fingerprint density at radius 3 is 2.67 bits per heavy atom. The van der Waals surface area contributed by atoms with Crippen molar-refractivity contribution in [2.45, 2.75) is 26.7 Å². The highest BCUT2D eigenvalue weighted by Gasteiger charge is 2.14. The number of guanidine groups is 1. The van der Waals surface area contributed by atoms with Crippen LogP contribution in [0.4, 0.5) is 0 Å². The van der Waals surface area contributed by atoms with Crippen LogP contribution in [0.3, 0.4) is 0 Å². The van der Waals surface area contributed by atoms with E-state index in [1.54, 1.807) is 14.2 Å². The smallest absolute Gasteiger partial charge is 0.191 e. The lowest BCUT2D eigenvalue weighted by Crippen LogP contribution is -2.40. The molecular formula is C24H40IN5O3. The van der Waals surface area contributed by atoms with Crippen LogP contribution < -0.4 is 20.1 Å². The molecule has 0 saturated carbocycles. The van der Waals surface area contributed by atoms with Crippen molar-refractivity contribution < 1.29 is 14.2 Å². The molecule has 33 heavy (non-hydrogen) atoms. The van der Waals surface area contributed by atoms with Crippen LogP contribution in [0, 0.1) is 5.92 Å². The van der Waals surface area contributed by atoms with Gasteiger partial charge in [-0.15, -0.1) is 24.0 Å². The monoisotopic (exact) mass is 573 g/mol. The number of aliphatic imine (C=N–C) groups is 1. The minimum absolute atomic E-state index is 0. The van der Waals surface area contributed by atoms with Crippen molar-refractivity contribution in [3.63, 3.8) is 0 Å². The Labute approximate surface area is 214 Å². The van der Waals surface area contributed by atoms with Crippen molar-refractivity contribution in [1.29, 1.82) is 0 Å². The highest BCUT2D eigenvalue weighted by atomic mass is 127. The van der Waals surface area contributed by atoms with Crippen LogP contribution in [0.25, 0.3) is 10.9 Å². The Hall–Kier alpha value is -1.72. The summed E-state index contributed by atoms with van der Waals surface area (Å²) in [4.78, 5) is 10.8. The highest BCUT2D eigenvalue weighted by Crippen LogP contribution is 2.31. The van der Waals surface area contributed by atoms with Crippen molar-refractivity contribution in [3.05, 3.63) is 23.9 Å². The van der Waals surface area contributed by atoms with E-state index in [0.29, 0.717) is 5.92 Å². The van der Waals surface area contributed by atoms with E-state index in [9.17, 15) is 0 Å². The van der Waals surface area contributed by atoms with Gasteiger partial charge in [0.1, 0.15) is 11.5 Å². The molecule has 0 radical (unpaired) electrons. The summed E-state index contributed by atoms with van der Waals surface area (Å²) in [5.74, 6) is 3.03. The number of rotatable bonds is 11. The average molecular weight is 574 g/mol. The molecule has 9 heteroatoms. The third kappa shape index (κ3) is 8.53. The summed E-state index contributed by atoms with van der Waals surface area (Å²) in [6.07, 6.45) is 1.94. The molecule has 2 aromatic rings. The van der Waals surface area contributed by atoms with Crippen LogP contribution in [0.15, 0.2) is 23.2 Å². The van der Waals surface area contributed by atoms with Gasteiger partial charge in [-0.1, -0.05) is 6.92 Å². The number of nitrogens with zero attached hydrogens (tertiary/aromatic N) is 2. The second kappa shape index (κ2) is 14.5. The standard InChI is InChI=1S/C24H39N5O3.HI/c1-5-25-24(27-16-18(2)17-29-9-11-32-12-10-29)26-8-6-7-19-13-21-22(28-19)14-20(30-3)15-23(21)31-4;/h13-15,18,28H,5-12,16-17H2,1-4H3,(H2,25,26,27);1H.